The topological polar surface area (TPSA) is 750 Å². The number of primary amides is 1. The lowest BCUT2D eigenvalue weighted by Crippen LogP contribution is -2.61. The number of thioether (sulfide) groups is 1. The van der Waals surface area contributed by atoms with E-state index in [1.165, 1.54) is 23.6 Å². The predicted octanol–water partition coefficient (Wildman–Crippen LogP) is -9.23. The normalized spacial score (nSPS) is 21.9. The minimum absolute atomic E-state index is 0.000599. The minimum atomic E-state index is -1.99. The maximum absolute atomic E-state index is 15.2. The first-order chi connectivity index (χ1) is 55.6. The van der Waals surface area contributed by atoms with Gasteiger partial charge in [0.15, 0.2) is 17.9 Å². The van der Waals surface area contributed by atoms with Crippen LogP contribution in [0.3, 0.4) is 0 Å². The van der Waals surface area contributed by atoms with Gasteiger partial charge in [0.1, 0.15) is 84.6 Å². The summed E-state index contributed by atoms with van der Waals surface area (Å²) in [5.41, 5.74) is 38.8. The lowest BCUT2D eigenvalue weighted by atomic mass is 10.0. The zero-order valence-electron chi connectivity index (χ0n) is 67.1. The second kappa shape index (κ2) is 52.2. The number of carboxylic acid groups (broad SMARTS) is 2. The molecule has 3 rings (SSSR count). The van der Waals surface area contributed by atoms with Crippen molar-refractivity contribution in [2.75, 3.05) is 69.4 Å². The Labute approximate surface area is 693 Å². The lowest BCUT2D eigenvalue weighted by molar-refractivity contribution is -0.146. The molecule has 46 nitrogen and oxygen atoms in total. The SMILES string of the molecule is CSCC[C@@H]1NC(=O)[C@@H](NC(=O)[C@H](CC(C)C)NC(=O)CNC(=O)[C@H](CO)NC(=O)[C@H](CC(=O)O)NC(C)=O)CSSC[C@@H](C(=O)N[C@@H](CC(=O)O)C(=O)N2CCC[C@H]2C(=O)N[C@@H](CCCN=C(N)N)C(N)=O)NC(=O)[C@H](C)NC(=O)[C@H](CCCN=C(N)N)NC(=O)[C@H](CC(C)C)NC(=O)[C@H](CCCN=C(N)N)NC(=O)[C@@H]2CCCN2C1=O. The monoisotopic (exact) mass is 1730 g/mol. The first kappa shape index (κ1) is 101. The number of carboxylic acids is 2. The van der Waals surface area contributed by atoms with Crippen molar-refractivity contribution in [2.24, 2.45) is 66.9 Å². The molecule has 3 fully saturated rings. The number of fused-ring (bicyclic) bond motifs is 1. The van der Waals surface area contributed by atoms with Crippen molar-refractivity contribution in [1.29, 1.82) is 0 Å². The van der Waals surface area contributed by atoms with Crippen LogP contribution in [0.5, 0.6) is 0 Å². The fourth-order valence-electron chi connectivity index (χ4n) is 12.4. The van der Waals surface area contributed by atoms with Crippen molar-refractivity contribution in [3.05, 3.63) is 0 Å². The molecule has 3 aliphatic heterocycles. The molecule has 30 N–H and O–H groups in total. The molecule has 0 aliphatic carbocycles. The summed E-state index contributed by atoms with van der Waals surface area (Å²) in [6.45, 7) is 6.76. The third-order valence-electron chi connectivity index (χ3n) is 18.2. The molecule has 118 heavy (non-hydrogen) atoms. The van der Waals surface area contributed by atoms with Crippen molar-refractivity contribution < 1.29 is 102 Å². The second-order valence-electron chi connectivity index (χ2n) is 29.0. The summed E-state index contributed by atoms with van der Waals surface area (Å²) in [6, 6.07) is -22.0. The van der Waals surface area contributed by atoms with Crippen molar-refractivity contribution in [1.82, 2.24) is 78.9 Å². The Kier molecular flexibility index (Phi) is 44.9. The molecule has 0 aromatic rings. The number of aliphatic carboxylic acids is 2. The standard InChI is InChI=1S/C69H117N25O21S3/c1-33(2)25-41(83-50(97)29-80-55(104)45(30-95)90-60(109)43(27-51(98)99)82-36(6)96)58(107)92-47-32-118-117-31-46(62(111)89-44(28-52(100)101)66(115)94-23-12-16-48(94)63(112)84-37(53(70)102)13-8-19-77-67(71)72)91-54(103)35(5)81-56(105)38(14-9-20-78-68(73)74)85-59(108)42(26-34(3)4)88-57(106)39(15-10-21-79-69(75)76)86-64(113)49-17-11-22-93(49)65(114)40(18-24-116-7)87-61(47)110/h33-35,37-49,95H,8-32H2,1-7H3,(H2,70,102)(H,80,104)(H,81,105)(H,82,96)(H,83,97)(H,84,112)(H,85,108)(H,86,113)(H,87,110)(H,88,106)(H,89,111)(H,90,109)(H,91,103)(H,92,107)(H,98,99)(H,100,101)(H4,71,72,77)(H4,73,74,78)(H4,75,76,79)/t35-,37-,38-,39-,40-,41-,42-,43-,44-,45-,46-,47-,48-,49-/m0/s1. The summed E-state index contributed by atoms with van der Waals surface area (Å²) in [7, 11) is 1.51. The van der Waals surface area contributed by atoms with Gasteiger partial charge < -0.3 is 134 Å². The zero-order valence-corrected chi connectivity index (χ0v) is 69.6. The zero-order chi connectivity index (χ0) is 88.6. The molecule has 0 unspecified atom stereocenters. The number of hydrogen-bond acceptors (Lipinski definition) is 25. The van der Waals surface area contributed by atoms with Gasteiger partial charge in [0.25, 0.3) is 0 Å². The highest BCUT2D eigenvalue weighted by Gasteiger charge is 2.44. The van der Waals surface area contributed by atoms with Crippen LogP contribution in [0.15, 0.2) is 15.0 Å². The number of rotatable bonds is 39. The van der Waals surface area contributed by atoms with Crippen molar-refractivity contribution >= 4 is 158 Å². The van der Waals surface area contributed by atoms with Gasteiger partial charge in [-0.05, 0) is 114 Å². The Hall–Kier alpha value is -10.7. The number of nitrogens with zero attached hydrogens (tertiary/aromatic N) is 5. The molecule has 49 heteroatoms. The van der Waals surface area contributed by atoms with E-state index in [4.69, 9.17) is 40.1 Å². The number of nitrogens with one attached hydrogen (secondary N) is 13. The van der Waals surface area contributed by atoms with E-state index in [0.717, 1.165) is 33.4 Å². The molecular formula is C69H117N25O21S3. The molecule has 0 aromatic carbocycles. The van der Waals surface area contributed by atoms with Crippen LogP contribution in [-0.2, 0) is 86.3 Å². The Morgan fingerprint density at radius 3 is 1.66 bits per heavy atom. The van der Waals surface area contributed by atoms with Gasteiger partial charge in [-0.2, -0.15) is 11.8 Å². The number of aliphatic hydroxyl groups is 1. The van der Waals surface area contributed by atoms with E-state index in [1.54, 1.807) is 34.0 Å². The Morgan fingerprint density at radius 1 is 0.559 bits per heavy atom. The Balaban J connectivity index is 2.30. The number of aliphatic hydroxyl groups excluding tert-OH is 1. The third-order valence-corrected chi connectivity index (χ3v) is 21.3. The van der Waals surface area contributed by atoms with Gasteiger partial charge in [-0.3, -0.25) is 101 Å². The van der Waals surface area contributed by atoms with Gasteiger partial charge >= 0.3 is 11.9 Å². The predicted molar refractivity (Wildman–Crippen MR) is 434 cm³/mol. The molecule has 0 spiro atoms. The van der Waals surface area contributed by atoms with Gasteiger partial charge in [-0.25, -0.2) is 0 Å². The first-order valence-corrected chi connectivity index (χ1v) is 42.2. The average molecular weight is 1730 g/mol. The molecular weight excluding hydrogens is 1610 g/mol. The molecule has 0 radical (unpaired) electrons. The summed E-state index contributed by atoms with van der Waals surface area (Å²) in [6.07, 6.45) is -0.241. The fraction of sp³-hybridized carbons (Fsp3) is 0.696. The largest absolute Gasteiger partial charge is 0.481 e. The smallest absolute Gasteiger partial charge is 0.305 e. The number of guanidine groups is 3. The summed E-state index contributed by atoms with van der Waals surface area (Å²) in [5.74, 6) is -21.4. The van der Waals surface area contributed by atoms with Crippen molar-refractivity contribution in [3.63, 3.8) is 0 Å². The molecule has 0 aromatic heterocycles. The third kappa shape index (κ3) is 36.8. The number of aliphatic imine (C=N–C) groups is 3. The van der Waals surface area contributed by atoms with E-state index in [-0.39, 0.29) is 146 Å². The van der Waals surface area contributed by atoms with E-state index in [9.17, 15) is 92.0 Å². The van der Waals surface area contributed by atoms with Crippen LogP contribution in [0, 0.1) is 11.8 Å². The summed E-state index contributed by atoms with van der Waals surface area (Å²) in [5, 5.41) is 61.8. The summed E-state index contributed by atoms with van der Waals surface area (Å²) < 4.78 is 0. The molecule has 16 amide bonds. The molecule has 3 saturated heterocycles. The maximum Gasteiger partial charge on any atom is 0.305 e. The number of carbonyl (C=O) groups excluding carboxylic acids is 16. The number of carbonyl (C=O) groups is 18. The van der Waals surface area contributed by atoms with E-state index in [1.807, 2.05) is 0 Å². The average Bonchev–Trinajstić information content (AvgIpc) is 1.64. The Morgan fingerprint density at radius 2 is 1.10 bits per heavy atom. The molecule has 3 aliphatic rings. The highest BCUT2D eigenvalue weighted by molar-refractivity contribution is 8.76. The van der Waals surface area contributed by atoms with Gasteiger partial charge in [-0.15, -0.1) is 0 Å². The van der Waals surface area contributed by atoms with Crippen LogP contribution in [0.4, 0.5) is 0 Å². The van der Waals surface area contributed by atoms with Crippen molar-refractivity contribution in [2.45, 2.75) is 222 Å². The molecule has 14 atom stereocenters. The molecule has 0 bridgehead atoms. The van der Waals surface area contributed by atoms with Gasteiger partial charge in [0.05, 0.1) is 26.0 Å². The van der Waals surface area contributed by atoms with Crippen LogP contribution < -0.4 is 109 Å². The van der Waals surface area contributed by atoms with Crippen LogP contribution in [-0.4, -0.2) is 303 Å². The number of nitrogens with two attached hydrogens (primary N) is 7. The fourth-order valence-corrected chi connectivity index (χ4v) is 15.2. The second-order valence-corrected chi connectivity index (χ2v) is 32.5. The van der Waals surface area contributed by atoms with Crippen LogP contribution in [0.25, 0.3) is 0 Å². The van der Waals surface area contributed by atoms with Crippen molar-refractivity contribution in [3.8, 4) is 0 Å². The molecule has 0 saturated carbocycles. The number of amides is 16. The minimum Gasteiger partial charge on any atom is -0.481 e. The maximum atomic E-state index is 15.2. The number of likely N-dealkylation sites (tertiary alicyclic amines) is 1. The quantitative estimate of drug-likeness (QED) is 0.0118. The number of hydrogen-bond donors (Lipinski definition) is 23. The van der Waals surface area contributed by atoms with Gasteiger partial charge in [0.2, 0.25) is 94.5 Å². The summed E-state index contributed by atoms with van der Waals surface area (Å²) in [4.78, 5) is 264. The van der Waals surface area contributed by atoms with Gasteiger partial charge in [-0.1, -0.05) is 49.3 Å². The van der Waals surface area contributed by atoms with E-state index in [0.29, 0.717) is 0 Å². The van der Waals surface area contributed by atoms with Crippen LogP contribution >= 0.6 is 33.3 Å². The van der Waals surface area contributed by atoms with Crippen LogP contribution in [0.1, 0.15) is 138 Å². The Bertz CT molecular complexity index is 3610. The van der Waals surface area contributed by atoms with Gasteiger partial charge in [0, 0.05) is 51.2 Å². The highest BCUT2D eigenvalue weighted by Crippen LogP contribution is 2.26. The first-order valence-electron chi connectivity index (χ1n) is 38.3. The van der Waals surface area contributed by atoms with E-state index in [2.05, 4.69) is 84.1 Å². The van der Waals surface area contributed by atoms with Crippen LogP contribution in [0.2, 0.25) is 0 Å². The van der Waals surface area contributed by atoms with E-state index >= 15 is 9.59 Å². The molecule has 3 heterocycles. The molecule has 662 valence electrons. The lowest BCUT2D eigenvalue weighted by Gasteiger charge is -2.31. The highest BCUT2D eigenvalue weighted by atomic mass is 33.1. The summed E-state index contributed by atoms with van der Waals surface area (Å²) >= 11 is 1.28. The van der Waals surface area contributed by atoms with E-state index < -0.39 is 234 Å².